The summed E-state index contributed by atoms with van der Waals surface area (Å²) >= 11 is 1.50. The maximum atomic E-state index is 13.0. The highest BCUT2D eigenvalue weighted by Gasteiger charge is 2.29. The van der Waals surface area contributed by atoms with Crippen molar-refractivity contribution >= 4 is 34.9 Å². The smallest absolute Gasteiger partial charge is 0.320 e. The third-order valence-electron chi connectivity index (χ3n) is 7.23. The van der Waals surface area contributed by atoms with Gasteiger partial charge < -0.3 is 19.3 Å². The van der Waals surface area contributed by atoms with Gasteiger partial charge in [0.1, 0.15) is 11.4 Å². The lowest BCUT2D eigenvalue weighted by atomic mass is 9.97. The first-order valence-electron chi connectivity index (χ1n) is 13.5. The number of piperidine rings is 1. The van der Waals surface area contributed by atoms with Gasteiger partial charge in [0.05, 0.1) is 25.3 Å². The van der Waals surface area contributed by atoms with E-state index < -0.39 is 0 Å². The number of nitrogens with zero attached hydrogens (tertiary/aromatic N) is 4. The molecule has 1 aromatic carbocycles. The fourth-order valence-corrected chi connectivity index (χ4v) is 5.87. The Labute approximate surface area is 232 Å². The molecule has 0 unspecified atom stereocenters. The summed E-state index contributed by atoms with van der Waals surface area (Å²) in [4.78, 5) is 60.1. The lowest BCUT2D eigenvalue weighted by Crippen LogP contribution is -2.50. The van der Waals surface area contributed by atoms with Gasteiger partial charge in [-0.25, -0.2) is 4.98 Å². The van der Waals surface area contributed by atoms with Gasteiger partial charge >= 0.3 is 5.97 Å². The first-order valence-corrected chi connectivity index (χ1v) is 14.3. The first-order chi connectivity index (χ1) is 18.9. The molecule has 0 N–H and O–H groups in total. The zero-order valence-corrected chi connectivity index (χ0v) is 23.4. The predicted molar refractivity (Wildman–Crippen MR) is 146 cm³/mol. The summed E-state index contributed by atoms with van der Waals surface area (Å²) in [6, 6.07) is 6.92. The molecule has 4 rings (SSSR count). The monoisotopic (exact) mass is 556 g/mol. The first kappa shape index (κ1) is 28.7. The summed E-state index contributed by atoms with van der Waals surface area (Å²) in [5.41, 5.74) is 1.04. The number of thiazole rings is 1. The lowest BCUT2D eigenvalue weighted by Gasteiger charge is -2.33. The van der Waals surface area contributed by atoms with E-state index in [2.05, 4.69) is 4.98 Å². The van der Waals surface area contributed by atoms with Crippen LogP contribution < -0.4 is 4.74 Å². The largest absolute Gasteiger partial charge is 0.497 e. The second-order valence-corrected chi connectivity index (χ2v) is 10.6. The number of aromatic nitrogens is 1. The highest BCUT2D eigenvalue weighted by molar-refractivity contribution is 7.09. The molecule has 2 aliphatic rings. The average molecular weight is 557 g/mol. The van der Waals surface area contributed by atoms with Gasteiger partial charge in [-0.2, -0.15) is 0 Å². The number of rotatable bonds is 10. The van der Waals surface area contributed by atoms with Gasteiger partial charge in [-0.1, -0.05) is 0 Å². The molecule has 2 aromatic rings. The van der Waals surface area contributed by atoms with E-state index in [0.29, 0.717) is 62.9 Å². The highest BCUT2D eigenvalue weighted by Crippen LogP contribution is 2.31. The number of hydrogen-bond donors (Lipinski definition) is 0. The molecule has 2 fully saturated rings. The quantitative estimate of drug-likeness (QED) is 0.325. The molecule has 10 nitrogen and oxygen atoms in total. The summed E-state index contributed by atoms with van der Waals surface area (Å²) in [5, 5.41) is 2.76. The third-order valence-corrected chi connectivity index (χ3v) is 8.24. The maximum Gasteiger partial charge on any atom is 0.320 e. The number of amides is 2. The molecule has 0 atom stereocenters. The van der Waals surface area contributed by atoms with E-state index >= 15 is 0 Å². The number of Topliss-reactive ketones (excluding diaryl/α,β-unsaturated/α-hetero) is 1. The average Bonchev–Trinajstić information content (AvgIpc) is 3.46. The Morgan fingerprint density at radius 1 is 0.949 bits per heavy atom. The van der Waals surface area contributed by atoms with Crippen LogP contribution in [0.25, 0.3) is 0 Å². The van der Waals surface area contributed by atoms with Gasteiger partial charge in [-0.15, -0.1) is 11.3 Å². The molecule has 3 heterocycles. The molecule has 210 valence electrons. The van der Waals surface area contributed by atoms with E-state index in [1.165, 1.54) is 11.3 Å². The van der Waals surface area contributed by atoms with Crippen LogP contribution in [0.4, 0.5) is 0 Å². The summed E-state index contributed by atoms with van der Waals surface area (Å²) in [5.74, 6) is 0.517. The number of piperazine rings is 1. The van der Waals surface area contributed by atoms with Crippen molar-refractivity contribution in [1.29, 1.82) is 0 Å². The SMILES string of the molecule is CCOC(=O)CN1CCN(C(=O)c2csc(C3CCN(C(=O)CCC(=O)c4ccc(OC)cc4)CC3)n2)CC1. The number of esters is 1. The molecule has 1 aromatic heterocycles. The molecule has 11 heteroatoms. The molecule has 0 radical (unpaired) electrons. The summed E-state index contributed by atoms with van der Waals surface area (Å²) < 4.78 is 10.1. The van der Waals surface area contributed by atoms with Crippen LogP contribution in [0.15, 0.2) is 29.6 Å². The van der Waals surface area contributed by atoms with Crippen LogP contribution in [0.1, 0.15) is 64.4 Å². The highest BCUT2D eigenvalue weighted by atomic mass is 32.1. The van der Waals surface area contributed by atoms with Crippen molar-refractivity contribution in [3.8, 4) is 5.75 Å². The zero-order valence-electron chi connectivity index (χ0n) is 22.6. The molecule has 0 bridgehead atoms. The van der Waals surface area contributed by atoms with Crippen molar-refractivity contribution in [2.24, 2.45) is 0 Å². The van der Waals surface area contributed by atoms with E-state index in [1.54, 1.807) is 43.2 Å². The number of likely N-dealkylation sites (tertiary alicyclic amines) is 1. The zero-order chi connectivity index (χ0) is 27.8. The minimum Gasteiger partial charge on any atom is -0.497 e. The normalized spacial score (nSPS) is 16.7. The number of hydrogen-bond acceptors (Lipinski definition) is 9. The molecule has 2 aliphatic heterocycles. The lowest BCUT2D eigenvalue weighted by molar-refractivity contribution is -0.144. The van der Waals surface area contributed by atoms with Crippen LogP contribution in [0.5, 0.6) is 5.75 Å². The Balaban J connectivity index is 1.20. The van der Waals surface area contributed by atoms with Crippen LogP contribution in [0.2, 0.25) is 0 Å². The second kappa shape index (κ2) is 13.7. The molecular formula is C28H36N4O6S. The Morgan fingerprint density at radius 2 is 1.64 bits per heavy atom. The third kappa shape index (κ3) is 7.63. The molecule has 0 saturated carbocycles. The number of carbonyl (C=O) groups excluding carboxylic acids is 4. The molecule has 0 spiro atoms. The topological polar surface area (TPSA) is 109 Å². The van der Waals surface area contributed by atoms with Crippen LogP contribution >= 0.6 is 11.3 Å². The number of ketones is 1. The summed E-state index contributed by atoms with van der Waals surface area (Å²) in [7, 11) is 1.58. The van der Waals surface area contributed by atoms with E-state index in [9.17, 15) is 19.2 Å². The Hall–Kier alpha value is -3.31. The van der Waals surface area contributed by atoms with Crippen LogP contribution in [-0.4, -0.2) is 103 Å². The Bertz CT molecular complexity index is 1150. The number of methoxy groups -OCH3 is 1. The molecule has 0 aliphatic carbocycles. The molecule has 39 heavy (non-hydrogen) atoms. The van der Waals surface area contributed by atoms with Crippen LogP contribution in [0.3, 0.4) is 0 Å². The number of ether oxygens (including phenoxy) is 2. The minimum absolute atomic E-state index is 0.00702. The van der Waals surface area contributed by atoms with E-state index in [-0.39, 0.29) is 48.9 Å². The van der Waals surface area contributed by atoms with Gasteiger partial charge in [-0.3, -0.25) is 24.1 Å². The van der Waals surface area contributed by atoms with Gasteiger partial charge in [0.15, 0.2) is 5.78 Å². The van der Waals surface area contributed by atoms with Gasteiger partial charge in [0.25, 0.3) is 5.91 Å². The number of carbonyl (C=O) groups is 4. The Kier molecular flexibility index (Phi) is 10.0. The van der Waals surface area contributed by atoms with Gasteiger partial charge in [-0.05, 0) is 44.0 Å². The summed E-state index contributed by atoms with van der Waals surface area (Å²) in [6.07, 6.45) is 1.94. The van der Waals surface area contributed by atoms with Crippen molar-refractivity contribution < 1.29 is 28.7 Å². The predicted octanol–water partition coefficient (Wildman–Crippen LogP) is 2.84. The van der Waals surface area contributed by atoms with E-state index in [0.717, 1.165) is 17.8 Å². The fraction of sp³-hybridized carbons (Fsp3) is 0.536. The fourth-order valence-electron chi connectivity index (χ4n) is 4.91. The van der Waals surface area contributed by atoms with Crippen molar-refractivity contribution in [3.05, 3.63) is 45.9 Å². The molecule has 2 amide bonds. The maximum absolute atomic E-state index is 13.0. The van der Waals surface area contributed by atoms with Gasteiger partial charge in [0, 0.05) is 69.0 Å². The van der Waals surface area contributed by atoms with Crippen molar-refractivity contribution in [1.82, 2.24) is 19.7 Å². The van der Waals surface area contributed by atoms with Gasteiger partial charge in [0.2, 0.25) is 5.91 Å². The summed E-state index contributed by atoms with van der Waals surface area (Å²) in [6.45, 7) is 5.98. The minimum atomic E-state index is -0.240. The van der Waals surface area contributed by atoms with E-state index in [4.69, 9.17) is 9.47 Å². The number of benzene rings is 1. The van der Waals surface area contributed by atoms with Crippen LogP contribution in [0, 0.1) is 0 Å². The Morgan fingerprint density at radius 3 is 2.28 bits per heavy atom. The van der Waals surface area contributed by atoms with Crippen molar-refractivity contribution in [2.75, 3.05) is 59.5 Å². The molecular weight excluding hydrogens is 520 g/mol. The standard InChI is InChI=1S/C28H36N4O6S/c1-3-38-26(35)18-30-14-16-32(17-15-30)28(36)23-19-39-27(29-23)21-10-12-31(13-11-21)25(34)9-8-24(33)20-4-6-22(37-2)7-5-20/h4-7,19,21H,3,8-18H2,1-2H3. The van der Waals surface area contributed by atoms with Crippen molar-refractivity contribution in [3.63, 3.8) is 0 Å². The van der Waals surface area contributed by atoms with Crippen molar-refractivity contribution in [2.45, 2.75) is 38.5 Å². The second-order valence-electron chi connectivity index (χ2n) is 9.75. The molecule has 2 saturated heterocycles. The van der Waals surface area contributed by atoms with E-state index in [1.807, 2.05) is 15.2 Å². The van der Waals surface area contributed by atoms with Crippen LogP contribution in [-0.2, 0) is 14.3 Å².